The molecule has 1 heterocycles. The van der Waals surface area contributed by atoms with Crippen LogP contribution in [-0.4, -0.2) is 10.6 Å². The molecule has 188 valence electrons. The lowest BCUT2D eigenvalue weighted by Gasteiger charge is -2.26. The molecule has 2 aliphatic rings. The van der Waals surface area contributed by atoms with Gasteiger partial charge in [0.15, 0.2) is 0 Å². The molecule has 2 aromatic carbocycles. The van der Waals surface area contributed by atoms with Crippen molar-refractivity contribution in [1.29, 1.82) is 0 Å². The van der Waals surface area contributed by atoms with Gasteiger partial charge >= 0.3 is 0 Å². The van der Waals surface area contributed by atoms with Crippen molar-refractivity contribution in [3.05, 3.63) is 69.8 Å². The fourth-order valence-corrected chi connectivity index (χ4v) is 7.26. The second kappa shape index (κ2) is 11.7. The zero-order valence-corrected chi connectivity index (χ0v) is 22.4. The van der Waals surface area contributed by atoms with Crippen LogP contribution < -0.4 is 5.73 Å². The van der Waals surface area contributed by atoms with E-state index in [1.54, 1.807) is 0 Å². The van der Waals surface area contributed by atoms with Crippen LogP contribution in [0, 0.1) is 11.8 Å². The first kappa shape index (κ1) is 25.2. The summed E-state index contributed by atoms with van der Waals surface area (Å²) in [5.74, 6) is 1.92. The SMILES string of the molecule is NC1CCC(CCCC(c2cc(Cl)cc(Cl)c2)c2cn(CC3CCCCC3)c3ccccc23)CC1. The van der Waals surface area contributed by atoms with Gasteiger partial charge in [-0.2, -0.15) is 0 Å². The topological polar surface area (TPSA) is 30.9 Å². The van der Waals surface area contributed by atoms with E-state index in [0.717, 1.165) is 34.8 Å². The van der Waals surface area contributed by atoms with E-state index in [4.69, 9.17) is 28.9 Å². The summed E-state index contributed by atoms with van der Waals surface area (Å²) >= 11 is 13.0. The third-order valence-corrected chi connectivity index (χ3v) is 9.09. The van der Waals surface area contributed by atoms with Crippen molar-refractivity contribution < 1.29 is 0 Å². The number of benzene rings is 2. The highest BCUT2D eigenvalue weighted by Gasteiger charge is 2.24. The molecule has 3 aromatic rings. The monoisotopic (exact) mass is 510 g/mol. The highest BCUT2D eigenvalue weighted by molar-refractivity contribution is 6.34. The van der Waals surface area contributed by atoms with Gasteiger partial charge in [-0.3, -0.25) is 0 Å². The van der Waals surface area contributed by atoms with Crippen LogP contribution in [0.1, 0.15) is 94.1 Å². The second-order valence-electron chi connectivity index (χ2n) is 11.2. The molecule has 2 nitrogen and oxygen atoms in total. The summed E-state index contributed by atoms with van der Waals surface area (Å²) in [6.07, 6.45) is 17.9. The van der Waals surface area contributed by atoms with Crippen LogP contribution in [0.25, 0.3) is 10.9 Å². The van der Waals surface area contributed by atoms with Crippen molar-refractivity contribution in [1.82, 2.24) is 4.57 Å². The lowest BCUT2D eigenvalue weighted by molar-refractivity contribution is 0.302. The Morgan fingerprint density at radius 1 is 0.857 bits per heavy atom. The molecule has 0 spiro atoms. The molecular weight excluding hydrogens is 471 g/mol. The normalized spacial score (nSPS) is 22.5. The van der Waals surface area contributed by atoms with E-state index < -0.39 is 0 Å². The minimum Gasteiger partial charge on any atom is -0.347 e. The van der Waals surface area contributed by atoms with Gasteiger partial charge in [0.25, 0.3) is 0 Å². The lowest BCUT2D eigenvalue weighted by Crippen LogP contribution is -2.26. The first-order valence-corrected chi connectivity index (χ1v) is 14.6. The van der Waals surface area contributed by atoms with Crippen molar-refractivity contribution >= 4 is 34.1 Å². The molecular formula is C31H40Cl2N2. The molecule has 0 radical (unpaired) electrons. The van der Waals surface area contributed by atoms with Gasteiger partial charge in [-0.1, -0.05) is 73.5 Å². The number of fused-ring (bicyclic) bond motifs is 1. The fraction of sp³-hybridized carbons (Fsp3) is 0.548. The van der Waals surface area contributed by atoms with Gasteiger partial charge in [-0.15, -0.1) is 0 Å². The minimum atomic E-state index is 0.301. The Morgan fingerprint density at radius 2 is 1.57 bits per heavy atom. The molecule has 0 bridgehead atoms. The van der Waals surface area contributed by atoms with Crippen molar-refractivity contribution in [2.75, 3.05) is 0 Å². The third kappa shape index (κ3) is 6.27. The number of hydrogen-bond donors (Lipinski definition) is 1. The molecule has 35 heavy (non-hydrogen) atoms. The zero-order valence-electron chi connectivity index (χ0n) is 20.9. The largest absolute Gasteiger partial charge is 0.347 e. The van der Waals surface area contributed by atoms with Crippen LogP contribution in [-0.2, 0) is 6.54 Å². The van der Waals surface area contributed by atoms with E-state index >= 15 is 0 Å². The number of rotatable bonds is 8. The van der Waals surface area contributed by atoms with E-state index in [9.17, 15) is 0 Å². The van der Waals surface area contributed by atoms with Gasteiger partial charge < -0.3 is 10.3 Å². The Morgan fingerprint density at radius 3 is 2.31 bits per heavy atom. The van der Waals surface area contributed by atoms with E-state index in [0.29, 0.717) is 12.0 Å². The average molecular weight is 512 g/mol. The maximum atomic E-state index is 6.50. The molecule has 4 heteroatoms. The number of nitrogens with zero attached hydrogens (tertiary/aromatic N) is 1. The first-order valence-electron chi connectivity index (χ1n) is 13.9. The molecule has 5 rings (SSSR count). The van der Waals surface area contributed by atoms with Crippen molar-refractivity contribution in [3.8, 4) is 0 Å². The number of para-hydroxylation sites is 1. The van der Waals surface area contributed by atoms with E-state index in [-0.39, 0.29) is 0 Å². The Labute approximate surface area is 221 Å². The smallest absolute Gasteiger partial charge is 0.0483 e. The highest BCUT2D eigenvalue weighted by Crippen LogP contribution is 2.39. The standard InChI is InChI=1S/C31H40Cl2N2/c32-25-17-24(18-26(33)19-25)28(11-6-9-22-13-15-27(34)16-14-22)30-21-35(20-23-7-2-1-3-8-23)31-12-5-4-10-29(30)31/h4-5,10,12,17-19,21-23,27-28H,1-3,6-9,11,13-16,20,34H2. The van der Waals surface area contributed by atoms with Crippen molar-refractivity contribution in [3.63, 3.8) is 0 Å². The van der Waals surface area contributed by atoms with Crippen LogP contribution in [0.2, 0.25) is 10.0 Å². The summed E-state index contributed by atoms with van der Waals surface area (Å²) in [7, 11) is 0. The first-order chi connectivity index (χ1) is 17.1. The third-order valence-electron chi connectivity index (χ3n) is 8.66. The molecule has 1 atom stereocenters. The fourth-order valence-electron chi connectivity index (χ4n) is 6.72. The molecule has 2 aliphatic carbocycles. The Bertz CT molecular complexity index is 1090. The summed E-state index contributed by atoms with van der Waals surface area (Å²) in [6, 6.07) is 15.5. The van der Waals surface area contributed by atoms with Crippen LogP contribution in [0.15, 0.2) is 48.7 Å². The van der Waals surface area contributed by atoms with Crippen LogP contribution in [0.5, 0.6) is 0 Å². The molecule has 2 N–H and O–H groups in total. The quantitative estimate of drug-likeness (QED) is 0.321. The summed E-state index contributed by atoms with van der Waals surface area (Å²) in [4.78, 5) is 0. The van der Waals surface area contributed by atoms with E-state index in [1.165, 1.54) is 92.7 Å². The van der Waals surface area contributed by atoms with Crippen LogP contribution >= 0.6 is 23.2 Å². The molecule has 1 unspecified atom stereocenters. The summed E-state index contributed by atoms with van der Waals surface area (Å²) in [5, 5.41) is 2.84. The molecule has 0 saturated heterocycles. The van der Waals surface area contributed by atoms with Crippen molar-refractivity contribution in [2.24, 2.45) is 17.6 Å². The highest BCUT2D eigenvalue weighted by atomic mass is 35.5. The Kier molecular flexibility index (Phi) is 8.43. The Balaban J connectivity index is 1.44. The van der Waals surface area contributed by atoms with E-state index in [2.05, 4.69) is 47.2 Å². The number of nitrogens with two attached hydrogens (primary N) is 1. The maximum absolute atomic E-state index is 6.50. The molecule has 1 aromatic heterocycles. The predicted octanol–water partition coefficient (Wildman–Crippen LogP) is 9.35. The molecule has 0 aliphatic heterocycles. The average Bonchev–Trinajstić information content (AvgIpc) is 3.21. The zero-order chi connectivity index (χ0) is 24.2. The minimum absolute atomic E-state index is 0.301. The van der Waals surface area contributed by atoms with Gasteiger partial charge in [0.1, 0.15) is 0 Å². The lowest BCUT2D eigenvalue weighted by atomic mass is 9.81. The Hall–Kier alpha value is -1.48. The number of hydrogen-bond acceptors (Lipinski definition) is 1. The summed E-state index contributed by atoms with van der Waals surface area (Å²) in [6.45, 7) is 1.13. The predicted molar refractivity (Wildman–Crippen MR) is 151 cm³/mol. The van der Waals surface area contributed by atoms with Gasteiger partial charge in [0.05, 0.1) is 0 Å². The van der Waals surface area contributed by atoms with Crippen LogP contribution in [0.4, 0.5) is 0 Å². The summed E-state index contributed by atoms with van der Waals surface area (Å²) < 4.78 is 2.54. The molecule has 0 amide bonds. The van der Waals surface area contributed by atoms with Crippen LogP contribution in [0.3, 0.4) is 0 Å². The molecule has 2 saturated carbocycles. The number of aromatic nitrogens is 1. The van der Waals surface area contributed by atoms with E-state index in [1.807, 2.05) is 6.07 Å². The van der Waals surface area contributed by atoms with Gasteiger partial charge in [0.2, 0.25) is 0 Å². The van der Waals surface area contributed by atoms with Gasteiger partial charge in [-0.25, -0.2) is 0 Å². The van der Waals surface area contributed by atoms with Gasteiger partial charge in [0, 0.05) is 45.6 Å². The summed E-state index contributed by atoms with van der Waals surface area (Å²) in [5.41, 5.74) is 10.2. The van der Waals surface area contributed by atoms with Crippen molar-refractivity contribution in [2.45, 2.75) is 95.6 Å². The van der Waals surface area contributed by atoms with Gasteiger partial charge in [-0.05, 0) is 92.2 Å². The maximum Gasteiger partial charge on any atom is 0.0483 e. The number of halogens is 2. The second-order valence-corrected chi connectivity index (χ2v) is 12.1. The molecule has 2 fully saturated rings.